The Morgan fingerprint density at radius 2 is 1.43 bits per heavy atom. The van der Waals surface area contributed by atoms with E-state index in [1.165, 1.54) is 26.5 Å². The van der Waals surface area contributed by atoms with Crippen LogP contribution in [0.5, 0.6) is 5.75 Å². The Morgan fingerprint density at radius 1 is 0.787 bits per heavy atom. The van der Waals surface area contributed by atoms with E-state index >= 15 is 0 Å². The molecular weight excluding hydrogens is 1000 g/mol. The first-order chi connectivity index (χ1) is 36.0. The van der Waals surface area contributed by atoms with Gasteiger partial charge in [-0.3, -0.25) is 43.2 Å². The summed E-state index contributed by atoms with van der Waals surface area (Å²) < 4.78 is 4.97. The second kappa shape index (κ2) is 30.0. The number of carbonyl (C=O) groups is 9. The van der Waals surface area contributed by atoms with E-state index in [0.717, 1.165) is 19.3 Å². The van der Waals surface area contributed by atoms with Crippen molar-refractivity contribution < 1.29 is 47.9 Å². The lowest BCUT2D eigenvalue weighted by molar-refractivity contribution is -0.142. The summed E-state index contributed by atoms with van der Waals surface area (Å²) in [6.07, 6.45) is 4.56. The summed E-state index contributed by atoms with van der Waals surface area (Å²) in [4.78, 5) is 128. The zero-order valence-electron chi connectivity index (χ0n) is 43.3. The number of nitrogens with zero attached hydrogens (tertiary/aromatic N) is 1. The number of benzene rings is 2. The lowest BCUT2D eigenvalue weighted by Gasteiger charge is -2.37. The van der Waals surface area contributed by atoms with Crippen molar-refractivity contribution in [2.24, 2.45) is 23.1 Å². The van der Waals surface area contributed by atoms with Crippen LogP contribution in [0.3, 0.4) is 0 Å². The summed E-state index contributed by atoms with van der Waals surface area (Å²) in [6, 6.07) is 7.48. The van der Waals surface area contributed by atoms with Crippen LogP contribution < -0.4 is 59.2 Å². The van der Waals surface area contributed by atoms with E-state index < -0.39 is 113 Å². The molecule has 3 fully saturated rings. The quantitative estimate of drug-likeness (QED) is 0.0915. The minimum absolute atomic E-state index is 0.00202. The van der Waals surface area contributed by atoms with Gasteiger partial charge < -0.3 is 64.1 Å². The summed E-state index contributed by atoms with van der Waals surface area (Å²) in [6.45, 7) is 6.44. The highest BCUT2D eigenvalue weighted by molar-refractivity contribution is 8.77. The number of primary amides is 1. The molecule has 0 aromatic heterocycles. The monoisotopic (exact) mass is 1080 g/mol. The molecule has 5 rings (SSSR count). The van der Waals surface area contributed by atoms with Crippen molar-refractivity contribution in [3.8, 4) is 5.75 Å². The Balaban J connectivity index is 1.53. The minimum Gasteiger partial charge on any atom is -0.494 e. The normalized spacial score (nSPS) is 23.7. The molecule has 0 bridgehead atoms. The number of likely N-dealkylation sites (tertiary alicyclic amines) is 1. The molecule has 1 spiro atoms. The molecule has 21 nitrogen and oxygen atoms in total. The van der Waals surface area contributed by atoms with Gasteiger partial charge in [0.2, 0.25) is 53.2 Å². The van der Waals surface area contributed by atoms with Crippen LogP contribution in [0.4, 0.5) is 0 Å². The molecule has 2 saturated heterocycles. The number of carbonyl (C=O) groups excluding carboxylic acids is 9. The van der Waals surface area contributed by atoms with Crippen LogP contribution in [-0.2, 0) is 56.0 Å². The number of hydrogen-bond acceptors (Lipinski definition) is 14. The third-order valence-electron chi connectivity index (χ3n) is 13.5. The number of amides is 9. The average molecular weight is 1080 g/mol. The molecule has 75 heavy (non-hydrogen) atoms. The van der Waals surface area contributed by atoms with Crippen molar-refractivity contribution >= 4 is 74.8 Å². The second-order valence-corrected chi connectivity index (χ2v) is 22.5. The Bertz CT molecular complexity index is 2270. The maximum Gasteiger partial charge on any atom is 0.246 e. The average Bonchev–Trinajstić information content (AvgIpc) is 3.88. The third-order valence-corrected chi connectivity index (χ3v) is 16.8. The van der Waals surface area contributed by atoms with Gasteiger partial charge in [0.25, 0.3) is 0 Å². The fraction of sp³-hybridized carbons (Fsp3) is 0.596. The smallest absolute Gasteiger partial charge is 0.246 e. The maximum atomic E-state index is 14.9. The van der Waals surface area contributed by atoms with E-state index in [4.69, 9.17) is 21.9 Å². The van der Waals surface area contributed by atoms with Gasteiger partial charge in [-0.15, -0.1) is 0 Å². The second-order valence-electron chi connectivity index (χ2n) is 19.7. The number of nitrogens with one attached hydrogen (secondary N) is 7. The van der Waals surface area contributed by atoms with Crippen LogP contribution in [-0.4, -0.2) is 144 Å². The number of ether oxygens (including phenoxy) is 1. The van der Waals surface area contributed by atoms with E-state index in [1.807, 2.05) is 13.0 Å². The van der Waals surface area contributed by atoms with E-state index in [-0.39, 0.29) is 64.0 Å². The van der Waals surface area contributed by atoms with Gasteiger partial charge in [0.15, 0.2) is 0 Å². The standard InChI is InChI=1S/C52H77N11O10S2/c1-4-73-35-19-17-34(18-20-35)28-37-46(67)59-38(27-33-13-7-5-8-14-33)48(69)62-44(32(2)3)50(71)60-39(29-42(55)64)47(68)61-40(31-74-75-52(30-43(65)57-37)21-9-6-10-22-52)51(72)63-26-12-16-41(63)49(70)58-36(15-11-23-53)45(66)56-25-24-54/h5,7-8,13-14,17-20,32,36-41,44H,4,6,9-12,15-16,21-31,53-54H2,1-3H3,(H2,55,64)(H,56,66)(H,57,65)(H,58,70)(H,59,67)(H,60,71)(H,61,68)(H,62,69)/t36-,37?,38?,39+,40?,41+,44+/m1/s1. The Kier molecular flexibility index (Phi) is 24.0. The fourth-order valence-corrected chi connectivity index (χ4v) is 12.9. The van der Waals surface area contributed by atoms with Gasteiger partial charge in [-0.05, 0) is 81.2 Å². The fourth-order valence-electron chi connectivity index (χ4n) is 9.50. The van der Waals surface area contributed by atoms with Crippen molar-refractivity contribution in [1.29, 1.82) is 0 Å². The predicted molar refractivity (Wildman–Crippen MR) is 287 cm³/mol. The number of nitrogens with two attached hydrogens (primary N) is 3. The Labute approximate surface area is 447 Å². The highest BCUT2D eigenvalue weighted by Gasteiger charge is 2.42. The Hall–Kier alpha value is -5.91. The van der Waals surface area contributed by atoms with Gasteiger partial charge in [0.05, 0.1) is 13.0 Å². The van der Waals surface area contributed by atoms with Gasteiger partial charge in [-0.2, -0.15) is 0 Å². The lowest BCUT2D eigenvalue weighted by Crippen LogP contribution is -2.61. The maximum absolute atomic E-state index is 14.9. The van der Waals surface area contributed by atoms with Crippen LogP contribution >= 0.6 is 21.6 Å². The first kappa shape index (κ1) is 60.0. The minimum atomic E-state index is -1.61. The molecule has 1 aliphatic carbocycles. The summed E-state index contributed by atoms with van der Waals surface area (Å²) in [7, 11) is 2.66. The molecule has 3 aliphatic rings. The zero-order valence-corrected chi connectivity index (χ0v) is 45.0. The third kappa shape index (κ3) is 18.4. The molecule has 2 aromatic carbocycles. The van der Waals surface area contributed by atoms with Crippen molar-refractivity contribution in [3.63, 3.8) is 0 Å². The van der Waals surface area contributed by atoms with Crippen LogP contribution in [0.1, 0.15) is 103 Å². The molecule has 0 radical (unpaired) electrons. The molecule has 3 unspecified atom stereocenters. The van der Waals surface area contributed by atoms with Crippen molar-refractivity contribution in [3.05, 3.63) is 65.7 Å². The van der Waals surface area contributed by atoms with E-state index in [1.54, 1.807) is 62.4 Å². The molecule has 7 atom stereocenters. The molecule has 1 saturated carbocycles. The zero-order chi connectivity index (χ0) is 54.5. The van der Waals surface area contributed by atoms with Crippen LogP contribution in [0.15, 0.2) is 54.6 Å². The van der Waals surface area contributed by atoms with Gasteiger partial charge in [-0.25, -0.2) is 0 Å². The lowest BCUT2D eigenvalue weighted by atomic mass is 9.85. The van der Waals surface area contributed by atoms with E-state index in [0.29, 0.717) is 49.2 Å². The molecule has 13 N–H and O–H groups in total. The first-order valence-corrected chi connectivity index (χ1v) is 28.4. The van der Waals surface area contributed by atoms with Crippen molar-refractivity contribution in [2.75, 3.05) is 38.5 Å². The van der Waals surface area contributed by atoms with Gasteiger partial charge >= 0.3 is 0 Å². The molecule has 2 aromatic rings. The molecule has 23 heteroatoms. The van der Waals surface area contributed by atoms with E-state index in [9.17, 15) is 43.2 Å². The molecular formula is C52H77N11O10S2. The van der Waals surface area contributed by atoms with Gasteiger partial charge in [-0.1, -0.05) is 97.2 Å². The van der Waals surface area contributed by atoms with Crippen LogP contribution in [0.2, 0.25) is 0 Å². The van der Waals surface area contributed by atoms with Crippen molar-refractivity contribution in [2.45, 2.75) is 151 Å². The first-order valence-electron chi connectivity index (χ1n) is 26.1. The summed E-state index contributed by atoms with van der Waals surface area (Å²) >= 11 is 0. The van der Waals surface area contributed by atoms with Gasteiger partial charge in [0, 0.05) is 49.4 Å². The highest BCUT2D eigenvalue weighted by Crippen LogP contribution is 2.48. The van der Waals surface area contributed by atoms with E-state index in [2.05, 4.69) is 37.2 Å². The highest BCUT2D eigenvalue weighted by atomic mass is 33.1. The molecule has 2 aliphatic heterocycles. The van der Waals surface area contributed by atoms with Crippen LogP contribution in [0.25, 0.3) is 0 Å². The van der Waals surface area contributed by atoms with Crippen LogP contribution in [0, 0.1) is 5.92 Å². The topological polar surface area (TPSA) is 328 Å². The molecule has 9 amide bonds. The Morgan fingerprint density at radius 3 is 2.07 bits per heavy atom. The largest absolute Gasteiger partial charge is 0.494 e. The summed E-state index contributed by atoms with van der Waals surface area (Å²) in [5.41, 5.74) is 18.4. The van der Waals surface area contributed by atoms with Gasteiger partial charge in [0.1, 0.15) is 48.0 Å². The predicted octanol–water partition coefficient (Wildman–Crippen LogP) is 0.603. The number of rotatable bonds is 18. The molecule has 2 heterocycles. The molecule has 412 valence electrons. The summed E-state index contributed by atoms with van der Waals surface area (Å²) in [5.74, 6) is -6.17. The SMILES string of the molecule is CCOc1ccc(CC2NC(=O)CC3(CCCCC3)SSCC(C(=O)N3CCC[C@H]3C(=O)N[C@H](CCCN)C(=O)NCCN)NC(=O)[C@H](CC(N)=O)NC(=O)[C@H](C(C)C)NC(=O)C(Cc3ccccc3)NC2=O)cc1. The van der Waals surface area contributed by atoms with Crippen molar-refractivity contribution in [1.82, 2.24) is 42.1 Å². The summed E-state index contributed by atoms with van der Waals surface area (Å²) in [5, 5.41) is 19.5. The number of hydrogen-bond donors (Lipinski definition) is 10.